The zero-order valence-corrected chi connectivity index (χ0v) is 12.5. The summed E-state index contributed by atoms with van der Waals surface area (Å²) in [5.41, 5.74) is -0.606. The number of benzene rings is 1. The second-order valence-corrected chi connectivity index (χ2v) is 5.57. The molecule has 20 heavy (non-hydrogen) atoms. The highest BCUT2D eigenvalue weighted by molar-refractivity contribution is 9.10. The molecule has 1 atom stereocenters. The van der Waals surface area contributed by atoms with Crippen LogP contribution in [0.1, 0.15) is 24.6 Å². The lowest BCUT2D eigenvalue weighted by Gasteiger charge is -2.26. The number of pyridine rings is 1. The number of halogens is 3. The molecule has 1 N–H and O–H groups in total. The van der Waals surface area contributed by atoms with Gasteiger partial charge in [-0.3, -0.25) is 4.98 Å². The molecule has 0 amide bonds. The minimum Gasteiger partial charge on any atom is -0.383 e. The summed E-state index contributed by atoms with van der Waals surface area (Å²) < 4.78 is 27.5. The Morgan fingerprint density at radius 3 is 2.60 bits per heavy atom. The molecule has 0 spiro atoms. The topological polar surface area (TPSA) is 33.1 Å². The Kier molecular flexibility index (Phi) is 4.50. The Balaban J connectivity index is 2.36. The average molecular weight is 342 g/mol. The predicted octanol–water partition coefficient (Wildman–Crippen LogP) is 3.96. The molecule has 0 fully saturated rings. The normalized spacial score (nSPS) is 14.1. The Labute approximate surface area is 124 Å². The summed E-state index contributed by atoms with van der Waals surface area (Å²) in [6.45, 7) is 1.78. The van der Waals surface area contributed by atoms with E-state index in [1.165, 1.54) is 18.2 Å². The molecule has 0 bridgehead atoms. The highest BCUT2D eigenvalue weighted by Gasteiger charge is 2.30. The standard InChI is InChI=1S/C15H14BrF2NO/c1-2-15(20,14-6-4-12(17)9-19-14)8-10-7-11(16)3-5-13(10)18/h3-7,9,20H,2,8H2,1H3. The van der Waals surface area contributed by atoms with E-state index in [-0.39, 0.29) is 12.2 Å². The van der Waals surface area contributed by atoms with Crippen LogP contribution in [-0.2, 0) is 12.0 Å². The van der Waals surface area contributed by atoms with Crippen molar-refractivity contribution >= 4 is 15.9 Å². The van der Waals surface area contributed by atoms with Gasteiger partial charge in [-0.05, 0) is 42.3 Å². The van der Waals surface area contributed by atoms with Crippen LogP contribution in [-0.4, -0.2) is 10.1 Å². The van der Waals surface area contributed by atoms with Crippen molar-refractivity contribution in [1.29, 1.82) is 0 Å². The smallest absolute Gasteiger partial charge is 0.141 e. The van der Waals surface area contributed by atoms with Crippen molar-refractivity contribution in [1.82, 2.24) is 4.98 Å². The van der Waals surface area contributed by atoms with Crippen LogP contribution < -0.4 is 0 Å². The summed E-state index contributed by atoms with van der Waals surface area (Å²) in [7, 11) is 0. The summed E-state index contributed by atoms with van der Waals surface area (Å²) in [6, 6.07) is 7.22. The van der Waals surface area contributed by atoms with Crippen LogP contribution in [0.15, 0.2) is 41.0 Å². The van der Waals surface area contributed by atoms with Crippen molar-refractivity contribution in [3.8, 4) is 0 Å². The number of hydrogen-bond donors (Lipinski definition) is 1. The second-order valence-electron chi connectivity index (χ2n) is 4.66. The van der Waals surface area contributed by atoms with E-state index in [9.17, 15) is 13.9 Å². The number of aliphatic hydroxyl groups is 1. The SMILES string of the molecule is CCC(O)(Cc1cc(Br)ccc1F)c1ccc(F)cn1. The predicted molar refractivity (Wildman–Crippen MR) is 76.2 cm³/mol. The fourth-order valence-electron chi connectivity index (χ4n) is 2.04. The molecule has 2 rings (SSSR count). The molecule has 0 saturated carbocycles. The summed E-state index contributed by atoms with van der Waals surface area (Å²) in [5.74, 6) is -0.858. The molecule has 1 aromatic heterocycles. The van der Waals surface area contributed by atoms with Gasteiger partial charge in [-0.15, -0.1) is 0 Å². The van der Waals surface area contributed by atoms with Crippen LogP contribution >= 0.6 is 15.9 Å². The van der Waals surface area contributed by atoms with Gasteiger partial charge in [0.1, 0.15) is 17.2 Å². The van der Waals surface area contributed by atoms with Gasteiger partial charge in [0, 0.05) is 10.9 Å². The molecule has 0 saturated heterocycles. The highest BCUT2D eigenvalue weighted by Crippen LogP contribution is 2.30. The molecule has 106 valence electrons. The lowest BCUT2D eigenvalue weighted by Crippen LogP contribution is -2.29. The molecule has 0 aliphatic heterocycles. The van der Waals surface area contributed by atoms with Crippen LogP contribution in [0, 0.1) is 11.6 Å². The van der Waals surface area contributed by atoms with Crippen molar-refractivity contribution in [2.75, 3.05) is 0 Å². The summed E-state index contributed by atoms with van der Waals surface area (Å²) in [4.78, 5) is 3.91. The van der Waals surface area contributed by atoms with Crippen molar-refractivity contribution in [2.45, 2.75) is 25.4 Å². The molecule has 5 heteroatoms. The van der Waals surface area contributed by atoms with E-state index in [1.54, 1.807) is 19.1 Å². The second kappa shape index (κ2) is 5.97. The number of rotatable bonds is 4. The monoisotopic (exact) mass is 341 g/mol. The maximum atomic E-state index is 13.8. The van der Waals surface area contributed by atoms with Gasteiger partial charge in [0.2, 0.25) is 0 Å². The van der Waals surface area contributed by atoms with Gasteiger partial charge in [-0.2, -0.15) is 0 Å². The van der Waals surface area contributed by atoms with E-state index in [1.807, 2.05) is 0 Å². The molecule has 1 unspecified atom stereocenters. The molecule has 1 heterocycles. The van der Waals surface area contributed by atoms with Crippen molar-refractivity contribution in [3.05, 3.63) is 63.9 Å². The Morgan fingerprint density at radius 2 is 2.00 bits per heavy atom. The van der Waals surface area contributed by atoms with E-state index in [4.69, 9.17) is 0 Å². The first-order valence-corrected chi connectivity index (χ1v) is 7.02. The fraction of sp³-hybridized carbons (Fsp3) is 0.267. The average Bonchev–Trinajstić information content (AvgIpc) is 2.43. The van der Waals surface area contributed by atoms with Gasteiger partial charge in [-0.25, -0.2) is 8.78 Å². The van der Waals surface area contributed by atoms with E-state index in [0.29, 0.717) is 17.7 Å². The first-order chi connectivity index (χ1) is 9.44. The fourth-order valence-corrected chi connectivity index (χ4v) is 2.45. The zero-order chi connectivity index (χ0) is 14.8. The van der Waals surface area contributed by atoms with Crippen molar-refractivity contribution in [3.63, 3.8) is 0 Å². The van der Waals surface area contributed by atoms with Gasteiger partial charge in [-0.1, -0.05) is 22.9 Å². The molecule has 0 aliphatic carbocycles. The Morgan fingerprint density at radius 1 is 1.25 bits per heavy atom. The number of nitrogens with zero attached hydrogens (tertiary/aromatic N) is 1. The minimum absolute atomic E-state index is 0.0768. The maximum Gasteiger partial charge on any atom is 0.141 e. The molecular weight excluding hydrogens is 328 g/mol. The van der Waals surface area contributed by atoms with Gasteiger partial charge in [0.05, 0.1) is 11.9 Å². The van der Waals surface area contributed by atoms with Crippen molar-refractivity contribution in [2.24, 2.45) is 0 Å². The van der Waals surface area contributed by atoms with Crippen LogP contribution in [0.4, 0.5) is 8.78 Å². The first-order valence-electron chi connectivity index (χ1n) is 6.23. The van der Waals surface area contributed by atoms with E-state index >= 15 is 0 Å². The van der Waals surface area contributed by atoms with Crippen LogP contribution in [0.2, 0.25) is 0 Å². The first kappa shape index (κ1) is 15.1. The summed E-state index contributed by atoms with van der Waals surface area (Å²) in [5, 5.41) is 10.7. The molecule has 2 aromatic rings. The van der Waals surface area contributed by atoms with Gasteiger partial charge >= 0.3 is 0 Å². The van der Waals surface area contributed by atoms with E-state index in [0.717, 1.165) is 10.7 Å². The third-order valence-corrected chi connectivity index (χ3v) is 3.77. The van der Waals surface area contributed by atoms with Gasteiger partial charge < -0.3 is 5.11 Å². The lowest BCUT2D eigenvalue weighted by atomic mass is 9.88. The summed E-state index contributed by atoms with van der Waals surface area (Å²) >= 11 is 3.28. The number of aromatic nitrogens is 1. The van der Waals surface area contributed by atoms with Crippen LogP contribution in [0.25, 0.3) is 0 Å². The Bertz CT molecular complexity index is 603. The molecule has 1 aromatic carbocycles. The third kappa shape index (κ3) is 3.22. The van der Waals surface area contributed by atoms with Gasteiger partial charge in [0.25, 0.3) is 0 Å². The van der Waals surface area contributed by atoms with Crippen LogP contribution in [0.5, 0.6) is 0 Å². The van der Waals surface area contributed by atoms with Gasteiger partial charge in [0.15, 0.2) is 0 Å². The molecular formula is C15H14BrF2NO. The van der Waals surface area contributed by atoms with Crippen molar-refractivity contribution < 1.29 is 13.9 Å². The lowest BCUT2D eigenvalue weighted by molar-refractivity contribution is 0.0274. The van der Waals surface area contributed by atoms with E-state index in [2.05, 4.69) is 20.9 Å². The third-order valence-electron chi connectivity index (χ3n) is 3.28. The Hall–Kier alpha value is -1.33. The van der Waals surface area contributed by atoms with E-state index < -0.39 is 11.4 Å². The molecule has 2 nitrogen and oxygen atoms in total. The molecule has 0 radical (unpaired) electrons. The maximum absolute atomic E-state index is 13.8. The highest BCUT2D eigenvalue weighted by atomic mass is 79.9. The molecule has 0 aliphatic rings. The summed E-state index contributed by atoms with van der Waals surface area (Å²) in [6.07, 6.45) is 1.47. The van der Waals surface area contributed by atoms with Crippen LogP contribution in [0.3, 0.4) is 0 Å². The quantitative estimate of drug-likeness (QED) is 0.912. The number of hydrogen-bond acceptors (Lipinski definition) is 2. The largest absolute Gasteiger partial charge is 0.383 e. The minimum atomic E-state index is -1.32. The zero-order valence-electron chi connectivity index (χ0n) is 10.9.